The smallest absolute Gasteiger partial charge is 0.429 e. The first kappa shape index (κ1) is 13.1. The fraction of sp³-hybridized carbons (Fsp3) is 0.286. The summed E-state index contributed by atoms with van der Waals surface area (Å²) in [7, 11) is 1.57. The zero-order chi connectivity index (χ0) is 13.8. The Balaban J connectivity index is 1.84. The summed E-state index contributed by atoms with van der Waals surface area (Å²) in [6.07, 6.45) is 0.113. The Morgan fingerprint density at radius 3 is 2.58 bits per heavy atom. The molecule has 1 aromatic carbocycles. The van der Waals surface area contributed by atoms with Crippen molar-refractivity contribution in [3.63, 3.8) is 0 Å². The minimum atomic E-state index is -0.792. The summed E-state index contributed by atoms with van der Waals surface area (Å²) in [6.45, 7) is 1.82. The monoisotopic (exact) mass is 261 g/mol. The molecule has 1 heterocycles. The van der Waals surface area contributed by atoms with Crippen molar-refractivity contribution in [2.24, 2.45) is 0 Å². The maximum atomic E-state index is 11.5. The molecule has 1 atom stereocenters. The van der Waals surface area contributed by atoms with Gasteiger partial charge in [0.1, 0.15) is 6.61 Å². The molecule has 0 spiro atoms. The van der Waals surface area contributed by atoms with Gasteiger partial charge < -0.3 is 14.4 Å². The molecule has 0 aromatic heterocycles. The summed E-state index contributed by atoms with van der Waals surface area (Å²) in [5.74, 6) is -0.152. The summed E-state index contributed by atoms with van der Waals surface area (Å²) in [5, 5.41) is 0. The summed E-state index contributed by atoms with van der Waals surface area (Å²) < 4.78 is 10.0. The van der Waals surface area contributed by atoms with Gasteiger partial charge >= 0.3 is 6.16 Å². The van der Waals surface area contributed by atoms with E-state index in [2.05, 4.69) is 0 Å². The van der Waals surface area contributed by atoms with Crippen molar-refractivity contribution >= 4 is 12.1 Å². The van der Waals surface area contributed by atoms with Gasteiger partial charge in [0, 0.05) is 12.6 Å². The van der Waals surface area contributed by atoms with Gasteiger partial charge in [0.2, 0.25) is 6.23 Å². The van der Waals surface area contributed by atoms with E-state index in [4.69, 9.17) is 9.47 Å². The summed E-state index contributed by atoms with van der Waals surface area (Å²) in [5.41, 5.74) is 1.44. The van der Waals surface area contributed by atoms with Crippen LogP contribution in [0.3, 0.4) is 0 Å². The lowest BCUT2D eigenvalue weighted by atomic mass is 10.2. The van der Waals surface area contributed by atoms with Gasteiger partial charge in [0.05, 0.1) is 0 Å². The molecular formula is C14H15NO4. The number of nitrogens with zero attached hydrogens (tertiary/aromatic N) is 1. The third kappa shape index (κ3) is 3.13. The Kier molecular flexibility index (Phi) is 3.85. The van der Waals surface area contributed by atoms with Crippen molar-refractivity contribution in [3.8, 4) is 0 Å². The van der Waals surface area contributed by atoms with Crippen molar-refractivity contribution < 1.29 is 19.1 Å². The van der Waals surface area contributed by atoms with Gasteiger partial charge in [-0.2, -0.15) is 0 Å². The lowest BCUT2D eigenvalue weighted by molar-refractivity contribution is -0.130. The van der Waals surface area contributed by atoms with Gasteiger partial charge in [-0.25, -0.2) is 4.79 Å². The highest BCUT2D eigenvalue weighted by molar-refractivity contribution is 5.95. The molecule has 1 amide bonds. The molecule has 5 nitrogen and oxygen atoms in total. The summed E-state index contributed by atoms with van der Waals surface area (Å²) >= 11 is 0. The highest BCUT2D eigenvalue weighted by Gasteiger charge is 2.29. The van der Waals surface area contributed by atoms with Crippen LogP contribution in [0, 0.1) is 0 Å². The molecular weight excluding hydrogens is 246 g/mol. The lowest BCUT2D eigenvalue weighted by Gasteiger charge is -2.19. The van der Waals surface area contributed by atoms with Crippen LogP contribution in [0.5, 0.6) is 0 Å². The molecule has 1 aliphatic heterocycles. The molecule has 1 unspecified atom stereocenters. The predicted octanol–water partition coefficient (Wildman–Crippen LogP) is 2.08. The van der Waals surface area contributed by atoms with Crippen LogP contribution in [-0.4, -0.2) is 30.2 Å². The number of rotatable bonds is 3. The first-order valence-corrected chi connectivity index (χ1v) is 5.91. The number of amides is 1. The number of ether oxygens (including phenoxy) is 2. The quantitative estimate of drug-likeness (QED) is 0.782. The number of likely N-dealkylation sites (N-methyl/N-ethyl adjacent to an activating group) is 1. The molecule has 19 heavy (non-hydrogen) atoms. The highest BCUT2D eigenvalue weighted by Crippen LogP contribution is 2.17. The van der Waals surface area contributed by atoms with E-state index in [1.165, 1.54) is 4.90 Å². The Hall–Kier alpha value is -2.30. The van der Waals surface area contributed by atoms with Crippen LogP contribution in [0.25, 0.3) is 0 Å². The molecule has 2 rings (SSSR count). The number of hydrogen-bond acceptors (Lipinski definition) is 4. The fourth-order valence-electron chi connectivity index (χ4n) is 1.75. The van der Waals surface area contributed by atoms with Crippen LogP contribution in [-0.2, 0) is 20.9 Å². The molecule has 0 aliphatic carbocycles. The first-order chi connectivity index (χ1) is 9.08. The molecule has 1 aromatic rings. The summed E-state index contributed by atoms with van der Waals surface area (Å²) in [4.78, 5) is 24.4. The van der Waals surface area contributed by atoms with Gasteiger partial charge in [-0.1, -0.05) is 30.3 Å². The van der Waals surface area contributed by atoms with Crippen molar-refractivity contribution in [1.82, 2.24) is 4.90 Å². The molecule has 5 heteroatoms. The molecule has 0 bridgehead atoms. The standard InChI is InChI=1S/C14H15NO4/c1-10-8-12(15(2)13(10)16)19-14(17)18-9-11-6-4-3-5-7-11/h3-8,12H,9H2,1-2H3. The van der Waals surface area contributed by atoms with E-state index in [1.807, 2.05) is 30.3 Å². The Morgan fingerprint density at radius 1 is 1.32 bits per heavy atom. The largest absolute Gasteiger partial charge is 0.510 e. The Labute approximate surface area is 111 Å². The maximum absolute atomic E-state index is 11.5. The van der Waals surface area contributed by atoms with Gasteiger partial charge in [0.25, 0.3) is 5.91 Å². The molecule has 100 valence electrons. The van der Waals surface area contributed by atoms with Crippen LogP contribution in [0.1, 0.15) is 12.5 Å². The Bertz CT molecular complexity index is 509. The minimum absolute atomic E-state index is 0.146. The number of hydrogen-bond donors (Lipinski definition) is 0. The second kappa shape index (κ2) is 5.56. The average molecular weight is 261 g/mol. The molecule has 0 fully saturated rings. The van der Waals surface area contributed by atoms with E-state index in [9.17, 15) is 9.59 Å². The third-order valence-electron chi connectivity index (χ3n) is 2.85. The van der Waals surface area contributed by atoms with E-state index in [0.29, 0.717) is 5.57 Å². The summed E-state index contributed by atoms with van der Waals surface area (Å²) in [6, 6.07) is 9.30. The van der Waals surface area contributed by atoms with Crippen LogP contribution in [0.2, 0.25) is 0 Å². The number of carbonyl (C=O) groups is 2. The van der Waals surface area contributed by atoms with Crippen molar-refractivity contribution in [1.29, 1.82) is 0 Å². The van der Waals surface area contributed by atoms with Crippen molar-refractivity contribution in [2.45, 2.75) is 19.8 Å². The average Bonchev–Trinajstić information content (AvgIpc) is 2.65. The van der Waals surface area contributed by atoms with Crippen LogP contribution >= 0.6 is 0 Å². The molecule has 0 N–H and O–H groups in total. The lowest BCUT2D eigenvalue weighted by Crippen LogP contribution is -2.34. The SMILES string of the molecule is CC1=CC(OC(=O)OCc2ccccc2)N(C)C1=O. The molecule has 0 radical (unpaired) electrons. The first-order valence-electron chi connectivity index (χ1n) is 5.91. The maximum Gasteiger partial charge on any atom is 0.510 e. The van der Waals surface area contributed by atoms with E-state index in [1.54, 1.807) is 20.0 Å². The van der Waals surface area contributed by atoms with E-state index >= 15 is 0 Å². The molecule has 0 saturated heterocycles. The van der Waals surface area contributed by atoms with E-state index < -0.39 is 12.4 Å². The second-order valence-corrected chi connectivity index (χ2v) is 4.30. The van der Waals surface area contributed by atoms with E-state index in [0.717, 1.165) is 5.56 Å². The van der Waals surface area contributed by atoms with Crippen molar-refractivity contribution in [2.75, 3.05) is 7.05 Å². The van der Waals surface area contributed by atoms with Gasteiger partial charge in [-0.05, 0) is 18.6 Å². The van der Waals surface area contributed by atoms with Gasteiger partial charge in [-0.15, -0.1) is 0 Å². The van der Waals surface area contributed by atoms with Crippen molar-refractivity contribution in [3.05, 3.63) is 47.5 Å². The van der Waals surface area contributed by atoms with Crippen LogP contribution < -0.4 is 0 Å². The minimum Gasteiger partial charge on any atom is -0.429 e. The molecule has 0 saturated carbocycles. The predicted molar refractivity (Wildman–Crippen MR) is 68.0 cm³/mol. The van der Waals surface area contributed by atoms with Crippen LogP contribution in [0.4, 0.5) is 4.79 Å². The normalized spacial score (nSPS) is 18.2. The third-order valence-corrected chi connectivity index (χ3v) is 2.85. The topological polar surface area (TPSA) is 55.8 Å². The second-order valence-electron chi connectivity index (χ2n) is 4.30. The zero-order valence-corrected chi connectivity index (χ0v) is 10.8. The number of benzene rings is 1. The Morgan fingerprint density at radius 2 is 2.00 bits per heavy atom. The van der Waals surface area contributed by atoms with Gasteiger partial charge in [-0.3, -0.25) is 4.79 Å². The molecule has 1 aliphatic rings. The van der Waals surface area contributed by atoms with Gasteiger partial charge in [0.15, 0.2) is 0 Å². The van der Waals surface area contributed by atoms with E-state index in [-0.39, 0.29) is 12.5 Å². The fourth-order valence-corrected chi connectivity index (χ4v) is 1.75. The zero-order valence-electron chi connectivity index (χ0n) is 10.8. The number of carbonyl (C=O) groups excluding carboxylic acids is 2. The highest BCUT2D eigenvalue weighted by atomic mass is 16.7. The van der Waals surface area contributed by atoms with Crippen LogP contribution in [0.15, 0.2) is 42.0 Å².